The Hall–Kier alpha value is -0.300. The maximum absolute atomic E-state index is 6.12. The topological polar surface area (TPSA) is 26.0 Å². The molecule has 0 heterocycles. The van der Waals surface area contributed by atoms with Crippen molar-refractivity contribution in [3.05, 3.63) is 12.2 Å². The molecule has 0 spiro atoms. The lowest BCUT2D eigenvalue weighted by atomic mass is 9.86. The van der Waals surface area contributed by atoms with Crippen LogP contribution in [0.25, 0.3) is 0 Å². The molecule has 0 amide bonds. The molecule has 0 saturated heterocycles. The predicted molar refractivity (Wildman–Crippen MR) is 102 cm³/mol. The van der Waals surface area contributed by atoms with Crippen molar-refractivity contribution in [1.29, 1.82) is 0 Å². The van der Waals surface area contributed by atoms with Crippen molar-refractivity contribution in [2.24, 2.45) is 11.7 Å². The van der Waals surface area contributed by atoms with Gasteiger partial charge >= 0.3 is 0 Å². The van der Waals surface area contributed by atoms with Crippen LogP contribution in [0.15, 0.2) is 12.2 Å². The molecule has 22 heavy (non-hydrogen) atoms. The molecule has 0 aliphatic heterocycles. The predicted octanol–water partition coefficient (Wildman–Crippen LogP) is 7.01. The quantitative estimate of drug-likeness (QED) is 0.255. The summed E-state index contributed by atoms with van der Waals surface area (Å²) >= 11 is 0. The van der Waals surface area contributed by atoms with Gasteiger partial charge in [-0.2, -0.15) is 0 Å². The van der Waals surface area contributed by atoms with Crippen LogP contribution in [0.4, 0.5) is 0 Å². The molecule has 0 aliphatic rings. The van der Waals surface area contributed by atoms with E-state index in [4.69, 9.17) is 5.73 Å². The van der Waals surface area contributed by atoms with Crippen molar-refractivity contribution >= 4 is 0 Å². The smallest absolute Gasteiger partial charge is 0.0123 e. The number of unbranched alkanes of at least 4 members (excludes halogenated alkanes) is 10. The van der Waals surface area contributed by atoms with Crippen LogP contribution < -0.4 is 5.73 Å². The fourth-order valence-corrected chi connectivity index (χ4v) is 2.72. The standard InChI is InChI=1S/C21H43N/c1-5-6-7-8-9-10-11-12-13-14-15-16-17-18-19-20(2)21(3,4)22/h12-13,20H,5-11,14-19,22H2,1-4H3/b13-12-. The van der Waals surface area contributed by atoms with Crippen LogP contribution in [0.3, 0.4) is 0 Å². The van der Waals surface area contributed by atoms with E-state index in [9.17, 15) is 0 Å². The van der Waals surface area contributed by atoms with Crippen LogP contribution in [0.5, 0.6) is 0 Å². The van der Waals surface area contributed by atoms with Crippen LogP contribution in [0, 0.1) is 5.92 Å². The zero-order chi connectivity index (χ0) is 16.7. The lowest BCUT2D eigenvalue weighted by Gasteiger charge is -2.27. The van der Waals surface area contributed by atoms with E-state index in [1.54, 1.807) is 0 Å². The van der Waals surface area contributed by atoms with Crippen LogP contribution in [-0.4, -0.2) is 5.54 Å². The summed E-state index contributed by atoms with van der Waals surface area (Å²) in [5, 5.41) is 0. The molecule has 1 heteroatoms. The molecule has 0 fully saturated rings. The molecule has 0 aromatic heterocycles. The third-order valence-electron chi connectivity index (χ3n) is 4.92. The third kappa shape index (κ3) is 14.6. The monoisotopic (exact) mass is 309 g/mol. The largest absolute Gasteiger partial charge is 0.325 e. The molecule has 1 unspecified atom stereocenters. The first-order valence-corrected chi connectivity index (χ1v) is 9.92. The summed E-state index contributed by atoms with van der Waals surface area (Å²) in [5.41, 5.74) is 6.11. The first-order valence-electron chi connectivity index (χ1n) is 9.92. The fourth-order valence-electron chi connectivity index (χ4n) is 2.72. The van der Waals surface area contributed by atoms with E-state index in [2.05, 4.69) is 39.8 Å². The molecule has 0 radical (unpaired) electrons. The highest BCUT2D eigenvalue weighted by Gasteiger charge is 2.19. The summed E-state index contributed by atoms with van der Waals surface area (Å²) < 4.78 is 0. The van der Waals surface area contributed by atoms with Gasteiger partial charge in [0.15, 0.2) is 0 Å². The lowest BCUT2D eigenvalue weighted by Crippen LogP contribution is -2.39. The minimum absolute atomic E-state index is 0.0146. The Morgan fingerprint density at radius 3 is 1.73 bits per heavy atom. The summed E-state index contributed by atoms with van der Waals surface area (Å²) in [6, 6.07) is 0. The van der Waals surface area contributed by atoms with Gasteiger partial charge in [0.1, 0.15) is 0 Å². The SMILES string of the molecule is CCCCCCCC/C=C\CCCCCCC(C)C(C)(C)N. The Balaban J connectivity index is 3.24. The van der Waals surface area contributed by atoms with E-state index in [0.29, 0.717) is 5.92 Å². The first kappa shape index (κ1) is 21.7. The van der Waals surface area contributed by atoms with Gasteiger partial charge < -0.3 is 5.73 Å². The summed E-state index contributed by atoms with van der Waals surface area (Å²) in [6.45, 7) is 8.85. The lowest BCUT2D eigenvalue weighted by molar-refractivity contribution is 0.316. The molecule has 1 atom stereocenters. The van der Waals surface area contributed by atoms with Crippen molar-refractivity contribution in [2.75, 3.05) is 0 Å². The molecule has 0 aromatic carbocycles. The van der Waals surface area contributed by atoms with Gasteiger partial charge in [0.05, 0.1) is 0 Å². The highest BCUT2D eigenvalue weighted by atomic mass is 14.7. The molecule has 0 bridgehead atoms. The van der Waals surface area contributed by atoms with Crippen molar-refractivity contribution in [2.45, 2.75) is 117 Å². The van der Waals surface area contributed by atoms with Crippen molar-refractivity contribution in [3.8, 4) is 0 Å². The van der Waals surface area contributed by atoms with Crippen LogP contribution in [0.2, 0.25) is 0 Å². The zero-order valence-corrected chi connectivity index (χ0v) is 16.0. The van der Waals surface area contributed by atoms with Gasteiger partial charge in [-0.05, 0) is 51.9 Å². The highest BCUT2D eigenvalue weighted by molar-refractivity contribution is 4.81. The van der Waals surface area contributed by atoms with E-state index < -0.39 is 0 Å². The van der Waals surface area contributed by atoms with Crippen molar-refractivity contribution in [3.63, 3.8) is 0 Å². The van der Waals surface area contributed by atoms with E-state index in [-0.39, 0.29) is 5.54 Å². The molecule has 132 valence electrons. The van der Waals surface area contributed by atoms with Crippen molar-refractivity contribution in [1.82, 2.24) is 0 Å². The van der Waals surface area contributed by atoms with E-state index in [1.807, 2.05) is 0 Å². The Kier molecular flexibility index (Phi) is 14.1. The molecule has 0 aromatic rings. The molecule has 1 nitrogen and oxygen atoms in total. The number of rotatable bonds is 15. The Labute approximate surface area is 141 Å². The third-order valence-corrected chi connectivity index (χ3v) is 4.92. The van der Waals surface area contributed by atoms with E-state index in [1.165, 1.54) is 83.5 Å². The molecule has 0 rings (SSSR count). The molecular weight excluding hydrogens is 266 g/mol. The highest BCUT2D eigenvalue weighted by Crippen LogP contribution is 2.20. The van der Waals surface area contributed by atoms with E-state index in [0.717, 1.165) is 0 Å². The van der Waals surface area contributed by atoms with Gasteiger partial charge in [-0.3, -0.25) is 0 Å². The Morgan fingerprint density at radius 1 is 0.773 bits per heavy atom. The van der Waals surface area contributed by atoms with Crippen LogP contribution in [-0.2, 0) is 0 Å². The second-order valence-corrected chi connectivity index (χ2v) is 7.74. The van der Waals surface area contributed by atoms with Gasteiger partial charge in [-0.15, -0.1) is 0 Å². The fraction of sp³-hybridized carbons (Fsp3) is 0.905. The maximum Gasteiger partial charge on any atom is 0.0123 e. The molecule has 2 N–H and O–H groups in total. The average Bonchev–Trinajstić information content (AvgIpc) is 2.46. The van der Waals surface area contributed by atoms with E-state index >= 15 is 0 Å². The average molecular weight is 310 g/mol. The van der Waals surface area contributed by atoms with Crippen molar-refractivity contribution < 1.29 is 0 Å². The second kappa shape index (κ2) is 14.3. The summed E-state index contributed by atoms with van der Waals surface area (Å²) in [4.78, 5) is 0. The van der Waals surface area contributed by atoms with Crippen LogP contribution >= 0.6 is 0 Å². The summed E-state index contributed by atoms with van der Waals surface area (Å²) in [5.74, 6) is 0.629. The number of hydrogen-bond donors (Lipinski definition) is 1. The normalized spacial score (nSPS) is 13.9. The minimum atomic E-state index is -0.0146. The van der Waals surface area contributed by atoms with Gasteiger partial charge in [0.2, 0.25) is 0 Å². The van der Waals surface area contributed by atoms with Gasteiger partial charge in [-0.1, -0.05) is 77.4 Å². The number of hydrogen-bond acceptors (Lipinski definition) is 1. The molecule has 0 saturated carbocycles. The van der Waals surface area contributed by atoms with Gasteiger partial charge in [-0.25, -0.2) is 0 Å². The minimum Gasteiger partial charge on any atom is -0.325 e. The summed E-state index contributed by atoms with van der Waals surface area (Å²) in [7, 11) is 0. The number of nitrogens with two attached hydrogens (primary N) is 1. The molecular formula is C21H43N. The van der Waals surface area contributed by atoms with Gasteiger partial charge in [0, 0.05) is 5.54 Å². The Morgan fingerprint density at radius 2 is 1.23 bits per heavy atom. The first-order chi connectivity index (χ1) is 10.5. The summed E-state index contributed by atoms with van der Waals surface area (Å²) in [6.07, 6.45) is 22.5. The van der Waals surface area contributed by atoms with Crippen LogP contribution in [0.1, 0.15) is 111 Å². The van der Waals surface area contributed by atoms with Gasteiger partial charge in [0.25, 0.3) is 0 Å². The zero-order valence-electron chi connectivity index (χ0n) is 16.0. The Bertz CT molecular complexity index is 249. The maximum atomic E-state index is 6.12. The second-order valence-electron chi connectivity index (χ2n) is 7.74. The molecule has 0 aliphatic carbocycles. The number of allylic oxidation sites excluding steroid dienone is 2.